The summed E-state index contributed by atoms with van der Waals surface area (Å²) in [5, 5.41) is 11.9. The minimum atomic E-state index is 0.0566. The summed E-state index contributed by atoms with van der Waals surface area (Å²) in [4.78, 5) is 4.32. The molecule has 0 fully saturated rings. The fraction of sp³-hybridized carbons (Fsp3) is 0.154. The summed E-state index contributed by atoms with van der Waals surface area (Å²) in [5.41, 5.74) is 0.951. The van der Waals surface area contributed by atoms with Gasteiger partial charge in [-0.1, -0.05) is 23.4 Å². The van der Waals surface area contributed by atoms with Crippen molar-refractivity contribution in [2.75, 3.05) is 0 Å². The minimum Gasteiger partial charge on any atom is -0.440 e. The first-order valence-corrected chi connectivity index (χ1v) is 7.22. The fourth-order valence-corrected chi connectivity index (χ4v) is 2.61. The van der Waals surface area contributed by atoms with Crippen LogP contribution in [-0.4, -0.2) is 20.4 Å². The maximum Gasteiger partial charge on any atom is 0.208 e. The Labute approximate surface area is 124 Å². The van der Waals surface area contributed by atoms with E-state index in [0.29, 0.717) is 10.9 Å². The van der Waals surface area contributed by atoms with E-state index in [1.165, 1.54) is 11.8 Å². The van der Waals surface area contributed by atoms with Gasteiger partial charge in [0, 0.05) is 10.6 Å². The molecule has 0 aliphatic rings. The molecule has 0 amide bonds. The van der Waals surface area contributed by atoms with Crippen molar-refractivity contribution in [1.29, 1.82) is 0 Å². The zero-order valence-corrected chi connectivity index (χ0v) is 12.1. The number of aromatic nitrogens is 4. The van der Waals surface area contributed by atoms with Gasteiger partial charge >= 0.3 is 0 Å². The Hall–Kier alpha value is -1.79. The van der Waals surface area contributed by atoms with Gasteiger partial charge < -0.3 is 4.42 Å². The number of nitrogens with one attached hydrogen (secondary N) is 1. The number of nitrogens with zero attached hydrogens (tertiary/aromatic N) is 3. The average Bonchev–Trinajstić information content (AvgIpc) is 3.10. The van der Waals surface area contributed by atoms with Crippen LogP contribution in [-0.2, 0) is 0 Å². The van der Waals surface area contributed by atoms with Crippen molar-refractivity contribution in [2.45, 2.75) is 17.2 Å². The van der Waals surface area contributed by atoms with Crippen LogP contribution >= 0.6 is 23.4 Å². The quantitative estimate of drug-likeness (QED) is 0.739. The van der Waals surface area contributed by atoms with Crippen LogP contribution in [0.1, 0.15) is 18.1 Å². The van der Waals surface area contributed by atoms with Crippen molar-refractivity contribution in [1.82, 2.24) is 20.4 Å². The predicted octanol–water partition coefficient (Wildman–Crippen LogP) is 3.97. The maximum atomic E-state index is 5.87. The fourth-order valence-electron chi connectivity index (χ4n) is 1.70. The summed E-state index contributed by atoms with van der Waals surface area (Å²) < 4.78 is 5.79. The molecule has 0 radical (unpaired) electrons. The van der Waals surface area contributed by atoms with Gasteiger partial charge in [0.2, 0.25) is 5.89 Å². The van der Waals surface area contributed by atoms with Gasteiger partial charge in [0.1, 0.15) is 5.03 Å². The zero-order chi connectivity index (χ0) is 13.9. The molecule has 1 N–H and O–H groups in total. The Bertz CT molecular complexity index is 681. The second-order valence-corrected chi connectivity index (χ2v) is 5.94. The van der Waals surface area contributed by atoms with E-state index < -0.39 is 0 Å². The van der Waals surface area contributed by atoms with E-state index in [0.717, 1.165) is 16.3 Å². The molecule has 2 aromatic heterocycles. The molecule has 1 aromatic carbocycles. The molecule has 0 saturated carbocycles. The zero-order valence-electron chi connectivity index (χ0n) is 10.6. The van der Waals surface area contributed by atoms with Gasteiger partial charge in [-0.3, -0.25) is 0 Å². The molecule has 0 aliphatic heterocycles. The Morgan fingerprint density at radius 3 is 2.75 bits per heavy atom. The van der Waals surface area contributed by atoms with Gasteiger partial charge in [0.25, 0.3) is 0 Å². The summed E-state index contributed by atoms with van der Waals surface area (Å²) in [6.07, 6.45) is 3.39. The first kappa shape index (κ1) is 13.2. The van der Waals surface area contributed by atoms with Crippen LogP contribution in [0.15, 0.2) is 46.1 Å². The van der Waals surface area contributed by atoms with Crippen LogP contribution in [0.4, 0.5) is 0 Å². The van der Waals surface area contributed by atoms with Crippen LogP contribution in [0.2, 0.25) is 5.02 Å². The van der Waals surface area contributed by atoms with Crippen LogP contribution in [0, 0.1) is 0 Å². The third kappa shape index (κ3) is 2.86. The third-order valence-corrected chi connectivity index (χ3v) is 3.94. The lowest BCUT2D eigenvalue weighted by Gasteiger charge is -2.03. The summed E-state index contributed by atoms with van der Waals surface area (Å²) in [5.74, 6) is 1.38. The van der Waals surface area contributed by atoms with Crippen molar-refractivity contribution < 1.29 is 4.42 Å². The highest BCUT2D eigenvalue weighted by Crippen LogP contribution is 2.34. The van der Waals surface area contributed by atoms with E-state index in [2.05, 4.69) is 20.4 Å². The second-order valence-electron chi connectivity index (χ2n) is 4.14. The summed E-state index contributed by atoms with van der Waals surface area (Å²) in [7, 11) is 0. The van der Waals surface area contributed by atoms with Gasteiger partial charge in [0.05, 0.1) is 17.6 Å². The van der Waals surface area contributed by atoms with Crippen LogP contribution in [0.3, 0.4) is 0 Å². The lowest BCUT2D eigenvalue weighted by atomic mass is 10.2. The maximum absolute atomic E-state index is 5.87. The van der Waals surface area contributed by atoms with Crippen LogP contribution in [0.25, 0.3) is 11.3 Å². The minimum absolute atomic E-state index is 0.0566. The summed E-state index contributed by atoms with van der Waals surface area (Å²) in [6, 6.07) is 7.46. The number of H-pyrrole nitrogens is 1. The van der Waals surface area contributed by atoms with Gasteiger partial charge in [0.15, 0.2) is 5.76 Å². The Morgan fingerprint density at radius 2 is 2.05 bits per heavy atom. The monoisotopic (exact) mass is 306 g/mol. The van der Waals surface area contributed by atoms with Crippen molar-refractivity contribution in [3.63, 3.8) is 0 Å². The number of thioether (sulfide) groups is 1. The SMILES string of the molecule is CC(Sc1cn[nH]n1)c1ncc(-c2ccc(Cl)cc2)o1. The van der Waals surface area contributed by atoms with Gasteiger partial charge in [-0.25, -0.2) is 4.98 Å². The van der Waals surface area contributed by atoms with Gasteiger partial charge in [-0.05, 0) is 31.2 Å². The Balaban J connectivity index is 1.77. The third-order valence-electron chi connectivity index (χ3n) is 2.69. The Morgan fingerprint density at radius 1 is 1.25 bits per heavy atom. The first-order chi connectivity index (χ1) is 9.72. The molecular formula is C13H11ClN4OS. The molecule has 0 saturated heterocycles. The number of hydrogen-bond acceptors (Lipinski definition) is 5. The standard InChI is InChI=1S/C13H11ClN4OS/c1-8(20-12-7-16-18-17-12)13-15-6-11(19-13)9-2-4-10(14)5-3-9/h2-8H,1H3,(H,16,17,18). The lowest BCUT2D eigenvalue weighted by molar-refractivity contribution is 0.510. The first-order valence-electron chi connectivity index (χ1n) is 5.96. The summed E-state index contributed by atoms with van der Waals surface area (Å²) in [6.45, 7) is 2.01. The molecule has 0 bridgehead atoms. The topological polar surface area (TPSA) is 67.6 Å². The van der Waals surface area contributed by atoms with E-state index in [1.807, 2.05) is 31.2 Å². The molecule has 1 atom stereocenters. The van der Waals surface area contributed by atoms with E-state index >= 15 is 0 Å². The second kappa shape index (κ2) is 5.68. The molecule has 102 valence electrons. The normalized spacial score (nSPS) is 12.5. The lowest BCUT2D eigenvalue weighted by Crippen LogP contribution is -1.87. The highest BCUT2D eigenvalue weighted by Gasteiger charge is 2.15. The number of hydrogen-bond donors (Lipinski definition) is 1. The number of aromatic amines is 1. The molecule has 0 aliphatic carbocycles. The predicted molar refractivity (Wildman–Crippen MR) is 77.6 cm³/mol. The average molecular weight is 307 g/mol. The molecule has 20 heavy (non-hydrogen) atoms. The van der Waals surface area contributed by atoms with E-state index in [9.17, 15) is 0 Å². The number of oxazole rings is 1. The number of benzene rings is 1. The molecular weight excluding hydrogens is 296 g/mol. The van der Waals surface area contributed by atoms with Crippen LogP contribution in [0.5, 0.6) is 0 Å². The van der Waals surface area contributed by atoms with Gasteiger partial charge in [-0.2, -0.15) is 10.3 Å². The van der Waals surface area contributed by atoms with Crippen molar-refractivity contribution >= 4 is 23.4 Å². The summed E-state index contributed by atoms with van der Waals surface area (Å²) >= 11 is 7.40. The molecule has 2 heterocycles. The molecule has 0 spiro atoms. The molecule has 1 unspecified atom stereocenters. The number of halogens is 1. The largest absolute Gasteiger partial charge is 0.440 e. The van der Waals surface area contributed by atoms with E-state index in [1.54, 1.807) is 12.4 Å². The highest BCUT2D eigenvalue weighted by molar-refractivity contribution is 7.99. The van der Waals surface area contributed by atoms with Gasteiger partial charge in [-0.15, -0.1) is 5.10 Å². The van der Waals surface area contributed by atoms with Crippen molar-refractivity contribution in [3.05, 3.63) is 47.6 Å². The highest BCUT2D eigenvalue weighted by atomic mass is 35.5. The van der Waals surface area contributed by atoms with Crippen molar-refractivity contribution in [3.8, 4) is 11.3 Å². The van der Waals surface area contributed by atoms with Crippen LogP contribution < -0.4 is 0 Å². The number of rotatable bonds is 4. The molecule has 3 aromatic rings. The molecule has 3 rings (SSSR count). The Kier molecular flexibility index (Phi) is 3.75. The molecule has 7 heteroatoms. The molecule has 5 nitrogen and oxygen atoms in total. The smallest absolute Gasteiger partial charge is 0.208 e. The van der Waals surface area contributed by atoms with Crippen molar-refractivity contribution in [2.24, 2.45) is 0 Å². The van der Waals surface area contributed by atoms with E-state index in [4.69, 9.17) is 16.0 Å². The van der Waals surface area contributed by atoms with E-state index in [-0.39, 0.29) is 5.25 Å².